The Morgan fingerprint density at radius 3 is 2.64 bits per heavy atom. The van der Waals surface area contributed by atoms with Crippen molar-refractivity contribution in [3.63, 3.8) is 0 Å². The highest BCUT2D eigenvalue weighted by Crippen LogP contribution is 2.34. The predicted molar refractivity (Wildman–Crippen MR) is 96.0 cm³/mol. The molecule has 25 heavy (non-hydrogen) atoms. The summed E-state index contributed by atoms with van der Waals surface area (Å²) in [6, 6.07) is 19.3. The molecule has 1 amide bonds. The summed E-state index contributed by atoms with van der Waals surface area (Å²) in [5.74, 6) is -0.0673. The molecule has 3 rings (SSSR count). The molecule has 0 aliphatic carbocycles. The van der Waals surface area contributed by atoms with Gasteiger partial charge in [-0.15, -0.1) is 0 Å². The van der Waals surface area contributed by atoms with Crippen molar-refractivity contribution in [2.24, 2.45) is 0 Å². The third kappa shape index (κ3) is 3.57. The van der Waals surface area contributed by atoms with Crippen LogP contribution in [0.2, 0.25) is 0 Å². The van der Waals surface area contributed by atoms with E-state index in [-0.39, 0.29) is 18.9 Å². The van der Waals surface area contributed by atoms with Crippen molar-refractivity contribution in [3.8, 4) is 6.07 Å². The molecule has 4 heteroatoms. The normalized spacial score (nSPS) is 19.6. The fourth-order valence-electron chi connectivity index (χ4n) is 3.70. The van der Waals surface area contributed by atoms with Gasteiger partial charge in [0.05, 0.1) is 24.6 Å². The highest BCUT2D eigenvalue weighted by Gasteiger charge is 2.43. The molecule has 128 valence electrons. The Morgan fingerprint density at radius 2 is 1.92 bits per heavy atom. The zero-order valence-electron chi connectivity index (χ0n) is 14.2. The first-order valence-electron chi connectivity index (χ1n) is 8.61. The molecule has 1 heterocycles. The number of hydrogen-bond donors (Lipinski definition) is 1. The number of benzene rings is 2. The van der Waals surface area contributed by atoms with Gasteiger partial charge in [-0.25, -0.2) is 0 Å². The van der Waals surface area contributed by atoms with Crippen molar-refractivity contribution in [3.05, 3.63) is 71.3 Å². The van der Waals surface area contributed by atoms with Gasteiger partial charge in [0.25, 0.3) is 5.91 Å². The standard InChI is InChI=1S/C21H22N2O2/c22-12-10-17-8-4-9-19(14-17)20(25)23-13-5-11-21(23,16-24)15-18-6-2-1-3-7-18/h1-4,6-9,14,24H,5,10-11,13,15-16H2. The summed E-state index contributed by atoms with van der Waals surface area (Å²) in [5, 5.41) is 19.0. The van der Waals surface area contributed by atoms with Crippen LogP contribution in [-0.2, 0) is 12.8 Å². The first kappa shape index (κ1) is 17.2. The van der Waals surface area contributed by atoms with Crippen LogP contribution in [0.3, 0.4) is 0 Å². The average molecular weight is 334 g/mol. The second kappa shape index (κ2) is 7.50. The van der Waals surface area contributed by atoms with Crippen LogP contribution in [0.5, 0.6) is 0 Å². The van der Waals surface area contributed by atoms with E-state index in [1.165, 1.54) is 0 Å². The molecule has 2 aromatic carbocycles. The van der Waals surface area contributed by atoms with Gasteiger partial charge in [0, 0.05) is 12.1 Å². The van der Waals surface area contributed by atoms with Crippen LogP contribution in [0.4, 0.5) is 0 Å². The Morgan fingerprint density at radius 1 is 1.16 bits per heavy atom. The summed E-state index contributed by atoms with van der Waals surface area (Å²) >= 11 is 0. The van der Waals surface area contributed by atoms with E-state index in [1.807, 2.05) is 47.4 Å². The zero-order valence-corrected chi connectivity index (χ0v) is 14.2. The van der Waals surface area contributed by atoms with E-state index in [9.17, 15) is 9.90 Å². The molecular weight excluding hydrogens is 312 g/mol. The molecule has 1 atom stereocenters. The number of hydrogen-bond acceptors (Lipinski definition) is 3. The van der Waals surface area contributed by atoms with Crippen LogP contribution in [-0.4, -0.2) is 34.6 Å². The van der Waals surface area contributed by atoms with Gasteiger partial charge in [0.15, 0.2) is 0 Å². The molecule has 0 saturated carbocycles. The third-order valence-corrected chi connectivity index (χ3v) is 4.97. The highest BCUT2D eigenvalue weighted by molar-refractivity contribution is 5.95. The van der Waals surface area contributed by atoms with Crippen molar-refractivity contribution in [2.75, 3.05) is 13.2 Å². The molecule has 0 aromatic heterocycles. The average Bonchev–Trinajstić information content (AvgIpc) is 3.06. The second-order valence-corrected chi connectivity index (χ2v) is 6.64. The Kier molecular flexibility index (Phi) is 5.16. The number of rotatable bonds is 5. The molecular formula is C21H22N2O2. The summed E-state index contributed by atoms with van der Waals surface area (Å²) in [4.78, 5) is 14.9. The number of aliphatic hydroxyl groups excluding tert-OH is 1. The van der Waals surface area contributed by atoms with Crippen LogP contribution in [0.15, 0.2) is 54.6 Å². The number of carbonyl (C=O) groups is 1. The van der Waals surface area contributed by atoms with Gasteiger partial charge >= 0.3 is 0 Å². The van der Waals surface area contributed by atoms with Crippen molar-refractivity contribution >= 4 is 5.91 Å². The monoisotopic (exact) mass is 334 g/mol. The lowest BCUT2D eigenvalue weighted by atomic mass is 9.88. The molecule has 1 N–H and O–H groups in total. The topological polar surface area (TPSA) is 64.3 Å². The quantitative estimate of drug-likeness (QED) is 0.914. The van der Waals surface area contributed by atoms with E-state index < -0.39 is 5.54 Å². The van der Waals surface area contributed by atoms with Crippen LogP contribution in [0, 0.1) is 11.3 Å². The number of carbonyl (C=O) groups excluding carboxylic acids is 1. The minimum atomic E-state index is -0.552. The smallest absolute Gasteiger partial charge is 0.254 e. The maximum absolute atomic E-state index is 13.1. The van der Waals surface area contributed by atoms with Crippen LogP contribution < -0.4 is 0 Å². The summed E-state index contributed by atoms with van der Waals surface area (Å²) in [6.45, 7) is 0.597. The third-order valence-electron chi connectivity index (χ3n) is 4.97. The Labute approximate surface area is 148 Å². The summed E-state index contributed by atoms with van der Waals surface area (Å²) < 4.78 is 0. The van der Waals surface area contributed by atoms with Gasteiger partial charge in [-0.05, 0) is 42.5 Å². The predicted octanol–water partition coefficient (Wildman–Crippen LogP) is 2.96. The molecule has 1 fully saturated rings. The van der Waals surface area contributed by atoms with Gasteiger partial charge in [0.2, 0.25) is 0 Å². The molecule has 1 saturated heterocycles. The number of nitriles is 1. The van der Waals surface area contributed by atoms with Gasteiger partial charge in [-0.2, -0.15) is 5.26 Å². The number of amides is 1. The van der Waals surface area contributed by atoms with Crippen molar-refractivity contribution in [2.45, 2.75) is 31.2 Å². The van der Waals surface area contributed by atoms with Crippen molar-refractivity contribution in [1.82, 2.24) is 4.90 Å². The van der Waals surface area contributed by atoms with Gasteiger partial charge < -0.3 is 10.0 Å². The molecule has 0 radical (unpaired) electrons. The number of likely N-dealkylation sites (tertiary alicyclic amines) is 1. The number of nitrogens with zero attached hydrogens (tertiary/aromatic N) is 2. The fourth-order valence-corrected chi connectivity index (χ4v) is 3.70. The first-order valence-corrected chi connectivity index (χ1v) is 8.61. The highest BCUT2D eigenvalue weighted by atomic mass is 16.3. The Hall–Kier alpha value is -2.64. The van der Waals surface area contributed by atoms with Gasteiger partial charge in [0.1, 0.15) is 0 Å². The molecule has 1 aliphatic rings. The second-order valence-electron chi connectivity index (χ2n) is 6.64. The molecule has 1 unspecified atom stereocenters. The zero-order chi connectivity index (χ0) is 17.7. The van der Waals surface area contributed by atoms with Crippen molar-refractivity contribution in [1.29, 1.82) is 5.26 Å². The van der Waals surface area contributed by atoms with E-state index in [0.717, 1.165) is 24.0 Å². The van der Waals surface area contributed by atoms with E-state index in [0.29, 0.717) is 18.5 Å². The van der Waals surface area contributed by atoms with Crippen LogP contribution in [0.25, 0.3) is 0 Å². The molecule has 2 aromatic rings. The fraction of sp³-hybridized carbons (Fsp3) is 0.333. The summed E-state index contributed by atoms with van der Waals surface area (Å²) in [6.07, 6.45) is 2.61. The largest absolute Gasteiger partial charge is 0.394 e. The maximum atomic E-state index is 13.1. The lowest BCUT2D eigenvalue weighted by Crippen LogP contribution is -2.51. The van der Waals surface area contributed by atoms with Gasteiger partial charge in [-0.1, -0.05) is 42.5 Å². The van der Waals surface area contributed by atoms with Crippen LogP contribution >= 0.6 is 0 Å². The van der Waals surface area contributed by atoms with E-state index in [1.54, 1.807) is 12.1 Å². The van der Waals surface area contributed by atoms with E-state index >= 15 is 0 Å². The van der Waals surface area contributed by atoms with E-state index in [2.05, 4.69) is 6.07 Å². The SMILES string of the molecule is N#CCc1cccc(C(=O)N2CCCC2(CO)Cc2ccccc2)c1. The Bertz CT molecular complexity index is 782. The molecule has 0 spiro atoms. The molecule has 1 aliphatic heterocycles. The lowest BCUT2D eigenvalue weighted by Gasteiger charge is -2.37. The molecule has 4 nitrogen and oxygen atoms in total. The van der Waals surface area contributed by atoms with Crippen molar-refractivity contribution < 1.29 is 9.90 Å². The van der Waals surface area contributed by atoms with Gasteiger partial charge in [-0.3, -0.25) is 4.79 Å². The van der Waals surface area contributed by atoms with Crippen LogP contribution in [0.1, 0.15) is 34.3 Å². The first-order chi connectivity index (χ1) is 12.2. The summed E-state index contributed by atoms with van der Waals surface area (Å²) in [7, 11) is 0. The van der Waals surface area contributed by atoms with E-state index in [4.69, 9.17) is 5.26 Å². The molecule has 0 bridgehead atoms. The minimum absolute atomic E-state index is 0.0501. The lowest BCUT2D eigenvalue weighted by molar-refractivity contribution is 0.0412. The minimum Gasteiger partial charge on any atom is -0.394 e. The Balaban J connectivity index is 1.87. The number of aliphatic hydroxyl groups is 1. The summed E-state index contributed by atoms with van der Waals surface area (Å²) in [5.41, 5.74) is 1.99. The maximum Gasteiger partial charge on any atom is 0.254 e.